The fraction of sp³-hybridized carbons (Fsp3) is 0.933. The fourth-order valence-electron chi connectivity index (χ4n) is 2.02. The molecule has 18 heavy (non-hydrogen) atoms. The fourth-order valence-corrected chi connectivity index (χ4v) is 2.02. The Kier molecular flexibility index (Phi) is 12.5. The zero-order valence-electron chi connectivity index (χ0n) is 12.1. The lowest BCUT2D eigenvalue weighted by atomic mass is 10.0. The molecule has 0 heterocycles. The zero-order valence-corrected chi connectivity index (χ0v) is 12.1. The number of unbranched alkanes of at least 4 members (excludes halogenated alkanes) is 7. The van der Waals surface area contributed by atoms with E-state index in [-0.39, 0.29) is 12.1 Å². The Hall–Kier alpha value is -0.570. The van der Waals surface area contributed by atoms with Crippen molar-refractivity contribution in [2.45, 2.75) is 83.7 Å². The van der Waals surface area contributed by atoms with Gasteiger partial charge in [-0.15, -0.1) is 0 Å². The molecular weight excluding hydrogens is 228 g/mol. The molecule has 0 radical (unpaired) electrons. The minimum absolute atomic E-state index is 0.0931. The van der Waals surface area contributed by atoms with Crippen LogP contribution in [-0.4, -0.2) is 24.3 Å². The van der Waals surface area contributed by atoms with Crippen molar-refractivity contribution in [1.82, 2.24) is 0 Å². The summed E-state index contributed by atoms with van der Waals surface area (Å²) >= 11 is 0. The third-order valence-electron chi connectivity index (χ3n) is 3.37. The van der Waals surface area contributed by atoms with Crippen molar-refractivity contribution in [2.24, 2.45) is 0 Å². The van der Waals surface area contributed by atoms with Gasteiger partial charge in [-0.25, -0.2) is 0 Å². The molecule has 0 unspecified atom stereocenters. The van der Waals surface area contributed by atoms with Crippen molar-refractivity contribution >= 4 is 5.97 Å². The smallest absolute Gasteiger partial charge is 0.305 e. The second-order valence-corrected chi connectivity index (χ2v) is 5.01. The summed E-state index contributed by atoms with van der Waals surface area (Å²) in [6.07, 6.45) is 11.8. The lowest BCUT2D eigenvalue weighted by Gasteiger charge is -2.06. The van der Waals surface area contributed by atoms with Crippen LogP contribution in [0.3, 0.4) is 0 Å². The Morgan fingerprint density at radius 2 is 1.50 bits per heavy atom. The summed E-state index contributed by atoms with van der Waals surface area (Å²) in [4.78, 5) is 10.9. The van der Waals surface area contributed by atoms with E-state index in [1.54, 1.807) is 0 Å². The number of aliphatic hydroxyl groups is 1. The summed E-state index contributed by atoms with van der Waals surface area (Å²) in [6, 6.07) is 0. The van der Waals surface area contributed by atoms with E-state index in [4.69, 9.17) is 0 Å². The van der Waals surface area contributed by atoms with E-state index < -0.39 is 0 Å². The molecule has 0 fully saturated rings. The molecule has 0 aliphatic carbocycles. The molecule has 0 bridgehead atoms. The Morgan fingerprint density at radius 3 is 2.00 bits per heavy atom. The van der Waals surface area contributed by atoms with Crippen LogP contribution in [0.5, 0.6) is 0 Å². The third-order valence-corrected chi connectivity index (χ3v) is 3.37. The molecule has 0 amide bonds. The van der Waals surface area contributed by atoms with Crippen molar-refractivity contribution < 1.29 is 14.6 Å². The number of carbonyl (C=O) groups excluding carboxylic acids is 1. The molecule has 0 saturated heterocycles. The van der Waals surface area contributed by atoms with Gasteiger partial charge >= 0.3 is 5.97 Å². The standard InChI is InChI=1S/C15H30O3/c1-3-14(16)12-10-8-6-4-5-7-9-11-13-15(17)18-2/h14,16H,3-13H2,1-2H3/t14-/m1/s1. The molecule has 0 aliphatic heterocycles. The summed E-state index contributed by atoms with van der Waals surface area (Å²) in [6.45, 7) is 2.03. The van der Waals surface area contributed by atoms with Crippen molar-refractivity contribution in [1.29, 1.82) is 0 Å². The molecular formula is C15H30O3. The molecule has 3 heteroatoms. The summed E-state index contributed by atoms with van der Waals surface area (Å²) < 4.78 is 4.59. The molecule has 0 aromatic carbocycles. The van der Waals surface area contributed by atoms with E-state index in [1.165, 1.54) is 39.2 Å². The monoisotopic (exact) mass is 258 g/mol. The summed E-state index contributed by atoms with van der Waals surface area (Å²) in [7, 11) is 1.44. The van der Waals surface area contributed by atoms with Gasteiger partial charge in [0.1, 0.15) is 0 Å². The van der Waals surface area contributed by atoms with Crippen LogP contribution in [0.1, 0.15) is 77.6 Å². The van der Waals surface area contributed by atoms with Gasteiger partial charge in [-0.05, 0) is 19.3 Å². The average Bonchev–Trinajstić information content (AvgIpc) is 2.40. The van der Waals surface area contributed by atoms with Gasteiger partial charge in [0.2, 0.25) is 0 Å². The molecule has 0 aliphatic rings. The van der Waals surface area contributed by atoms with Crippen molar-refractivity contribution in [3.05, 3.63) is 0 Å². The predicted molar refractivity (Wildman–Crippen MR) is 74.5 cm³/mol. The largest absolute Gasteiger partial charge is 0.469 e. The molecule has 0 aromatic heterocycles. The van der Waals surface area contributed by atoms with E-state index in [9.17, 15) is 9.90 Å². The average molecular weight is 258 g/mol. The maximum atomic E-state index is 10.9. The zero-order chi connectivity index (χ0) is 13.6. The second kappa shape index (κ2) is 12.9. The van der Waals surface area contributed by atoms with Gasteiger partial charge < -0.3 is 9.84 Å². The number of ether oxygens (including phenoxy) is 1. The highest BCUT2D eigenvalue weighted by Crippen LogP contribution is 2.12. The molecule has 0 aromatic rings. The van der Waals surface area contributed by atoms with Crippen LogP contribution in [-0.2, 0) is 9.53 Å². The second-order valence-electron chi connectivity index (χ2n) is 5.01. The first-order chi connectivity index (χ1) is 8.70. The first-order valence-electron chi connectivity index (χ1n) is 7.45. The Morgan fingerprint density at radius 1 is 1.00 bits per heavy atom. The quantitative estimate of drug-likeness (QED) is 0.427. The van der Waals surface area contributed by atoms with Crippen molar-refractivity contribution in [2.75, 3.05) is 7.11 Å². The lowest BCUT2D eigenvalue weighted by molar-refractivity contribution is -0.140. The Bertz CT molecular complexity index is 192. The first-order valence-corrected chi connectivity index (χ1v) is 7.45. The topological polar surface area (TPSA) is 46.5 Å². The van der Waals surface area contributed by atoms with Gasteiger partial charge in [0.05, 0.1) is 13.2 Å². The molecule has 0 rings (SSSR count). The van der Waals surface area contributed by atoms with E-state index in [2.05, 4.69) is 4.74 Å². The van der Waals surface area contributed by atoms with Gasteiger partial charge in [0.15, 0.2) is 0 Å². The van der Waals surface area contributed by atoms with Gasteiger partial charge in [0.25, 0.3) is 0 Å². The maximum absolute atomic E-state index is 10.9. The van der Waals surface area contributed by atoms with Crippen molar-refractivity contribution in [3.8, 4) is 0 Å². The van der Waals surface area contributed by atoms with Crippen LogP contribution in [0, 0.1) is 0 Å². The lowest BCUT2D eigenvalue weighted by Crippen LogP contribution is -2.03. The van der Waals surface area contributed by atoms with Crippen LogP contribution in [0.4, 0.5) is 0 Å². The Balaban J connectivity index is 3.05. The van der Waals surface area contributed by atoms with E-state index in [0.29, 0.717) is 6.42 Å². The van der Waals surface area contributed by atoms with E-state index >= 15 is 0 Å². The third kappa shape index (κ3) is 11.9. The summed E-state index contributed by atoms with van der Waals surface area (Å²) in [5.41, 5.74) is 0. The van der Waals surface area contributed by atoms with Gasteiger partial charge in [-0.2, -0.15) is 0 Å². The number of aliphatic hydroxyl groups excluding tert-OH is 1. The minimum Gasteiger partial charge on any atom is -0.469 e. The van der Waals surface area contributed by atoms with Crippen molar-refractivity contribution in [3.63, 3.8) is 0 Å². The predicted octanol–water partition coefficient (Wildman–Crippen LogP) is 3.83. The number of rotatable bonds is 12. The van der Waals surface area contributed by atoms with Crippen LogP contribution in [0.15, 0.2) is 0 Å². The molecule has 3 nitrogen and oxygen atoms in total. The van der Waals surface area contributed by atoms with Gasteiger partial charge in [-0.1, -0.05) is 51.9 Å². The number of methoxy groups -OCH3 is 1. The number of hydrogen-bond donors (Lipinski definition) is 1. The molecule has 1 atom stereocenters. The number of esters is 1. The molecule has 108 valence electrons. The molecule has 0 spiro atoms. The highest BCUT2D eigenvalue weighted by Gasteiger charge is 2.00. The van der Waals surface area contributed by atoms with Gasteiger partial charge in [-0.3, -0.25) is 4.79 Å². The number of hydrogen-bond acceptors (Lipinski definition) is 3. The minimum atomic E-state index is -0.0941. The molecule has 0 saturated carbocycles. The Labute approximate surface area is 112 Å². The molecule has 1 N–H and O–H groups in total. The maximum Gasteiger partial charge on any atom is 0.305 e. The van der Waals surface area contributed by atoms with Crippen LogP contribution in [0.2, 0.25) is 0 Å². The normalized spacial score (nSPS) is 12.4. The highest BCUT2D eigenvalue weighted by molar-refractivity contribution is 5.68. The highest BCUT2D eigenvalue weighted by atomic mass is 16.5. The summed E-state index contributed by atoms with van der Waals surface area (Å²) in [5.74, 6) is -0.0931. The number of carbonyl (C=O) groups is 1. The van der Waals surface area contributed by atoms with Crippen LogP contribution < -0.4 is 0 Å². The van der Waals surface area contributed by atoms with Gasteiger partial charge in [0, 0.05) is 6.42 Å². The van der Waals surface area contributed by atoms with Crippen LogP contribution >= 0.6 is 0 Å². The van der Waals surface area contributed by atoms with Crippen LogP contribution in [0.25, 0.3) is 0 Å². The SMILES string of the molecule is CC[C@@H](O)CCCCCCCCCCC(=O)OC. The summed E-state index contributed by atoms with van der Waals surface area (Å²) in [5, 5.41) is 9.39. The first kappa shape index (κ1) is 17.4. The van der Waals surface area contributed by atoms with E-state index in [0.717, 1.165) is 32.1 Å². The van der Waals surface area contributed by atoms with E-state index in [1.807, 2.05) is 6.92 Å².